The summed E-state index contributed by atoms with van der Waals surface area (Å²) in [6.45, 7) is 13.5. The highest BCUT2D eigenvalue weighted by Crippen LogP contribution is 2.42. The fourth-order valence-electron chi connectivity index (χ4n) is 3.27. The Morgan fingerprint density at radius 1 is 1.36 bits per heavy atom. The van der Waals surface area contributed by atoms with Gasteiger partial charge in [0.15, 0.2) is 0 Å². The topological polar surface area (TPSA) is 29.1 Å². The molecule has 0 bridgehead atoms. The zero-order chi connectivity index (χ0) is 19.0. The van der Waals surface area contributed by atoms with Crippen molar-refractivity contribution in [1.29, 1.82) is 0 Å². The number of rotatable bonds is 9. The summed E-state index contributed by atoms with van der Waals surface area (Å²) < 4.78 is 13.2. The van der Waals surface area contributed by atoms with Crippen molar-refractivity contribution in [1.82, 2.24) is 5.32 Å². The highest BCUT2D eigenvalue weighted by molar-refractivity contribution is 5.93. The second-order valence-electron chi connectivity index (χ2n) is 8.79. The number of amides is 1. The van der Waals surface area contributed by atoms with Gasteiger partial charge in [-0.1, -0.05) is 66.2 Å². The zero-order valence-corrected chi connectivity index (χ0v) is 17.1. The Hall–Kier alpha value is -1.12. The maximum Gasteiger partial charge on any atom is 0.246 e. The minimum absolute atomic E-state index is 0.0533. The molecule has 0 aromatic rings. The number of allylic oxidation sites excluding steroid dienone is 2. The highest BCUT2D eigenvalue weighted by Gasteiger charge is 2.34. The summed E-state index contributed by atoms with van der Waals surface area (Å²) in [7, 11) is 0. The molecule has 2 nitrogen and oxygen atoms in total. The molecule has 1 amide bonds. The lowest BCUT2D eigenvalue weighted by molar-refractivity contribution is -0.118. The molecule has 0 heterocycles. The first-order chi connectivity index (χ1) is 11.7. The van der Waals surface area contributed by atoms with E-state index in [4.69, 9.17) is 0 Å². The summed E-state index contributed by atoms with van der Waals surface area (Å²) in [4.78, 5) is 12.5. The van der Waals surface area contributed by atoms with Gasteiger partial charge in [0.05, 0.1) is 0 Å². The van der Waals surface area contributed by atoms with Crippen molar-refractivity contribution >= 4 is 5.91 Å². The molecule has 0 radical (unpaired) electrons. The van der Waals surface area contributed by atoms with Gasteiger partial charge in [-0.2, -0.15) is 0 Å². The van der Waals surface area contributed by atoms with E-state index in [0.717, 1.165) is 18.4 Å². The molecule has 0 saturated heterocycles. The van der Waals surface area contributed by atoms with Crippen molar-refractivity contribution in [3.63, 3.8) is 0 Å². The Morgan fingerprint density at radius 2 is 2.04 bits per heavy atom. The standard InChI is InChI=1S/C22H38FNO/c1-7-20(23)11-9-17(4)15-24-21(25)18-12-13-22(5,6)19(14-18)10-8-16(2)3/h9,11-12,16-17,19-20H,7-8,10,13-15H2,1-6H3,(H,24,25)/b11-9-/t17?,19?,20-/m1/s1. The molecular formula is C22H38FNO. The van der Waals surface area contributed by atoms with E-state index in [2.05, 4.69) is 39.1 Å². The number of alkyl halides is 1. The van der Waals surface area contributed by atoms with Gasteiger partial charge in [-0.3, -0.25) is 4.79 Å². The first-order valence-electron chi connectivity index (χ1n) is 9.95. The average molecular weight is 352 g/mol. The van der Waals surface area contributed by atoms with E-state index >= 15 is 0 Å². The third-order valence-corrected chi connectivity index (χ3v) is 5.45. The van der Waals surface area contributed by atoms with Crippen LogP contribution in [0.1, 0.15) is 73.6 Å². The molecule has 3 atom stereocenters. The quantitative estimate of drug-likeness (QED) is 0.519. The first-order valence-corrected chi connectivity index (χ1v) is 9.95. The van der Waals surface area contributed by atoms with Gasteiger partial charge in [0.1, 0.15) is 6.17 Å². The molecule has 1 N–H and O–H groups in total. The second-order valence-corrected chi connectivity index (χ2v) is 8.79. The summed E-state index contributed by atoms with van der Waals surface area (Å²) in [5.41, 5.74) is 1.20. The van der Waals surface area contributed by atoms with E-state index in [1.165, 1.54) is 12.8 Å². The third kappa shape index (κ3) is 7.75. The van der Waals surface area contributed by atoms with E-state index < -0.39 is 6.17 Å². The van der Waals surface area contributed by atoms with Crippen molar-refractivity contribution in [2.24, 2.45) is 23.2 Å². The summed E-state index contributed by atoms with van der Waals surface area (Å²) in [6.07, 6.45) is 9.43. The predicted octanol–water partition coefficient (Wildman–Crippen LogP) is 5.84. The minimum atomic E-state index is -0.886. The summed E-state index contributed by atoms with van der Waals surface area (Å²) in [6, 6.07) is 0. The highest BCUT2D eigenvalue weighted by atomic mass is 19.1. The molecular weight excluding hydrogens is 313 g/mol. The smallest absolute Gasteiger partial charge is 0.246 e. The van der Waals surface area contributed by atoms with Crippen LogP contribution in [0.4, 0.5) is 4.39 Å². The van der Waals surface area contributed by atoms with Crippen molar-refractivity contribution in [3.05, 3.63) is 23.8 Å². The predicted molar refractivity (Wildman–Crippen MR) is 105 cm³/mol. The van der Waals surface area contributed by atoms with Gasteiger partial charge in [-0.25, -0.2) is 4.39 Å². The number of hydrogen-bond donors (Lipinski definition) is 1. The second kappa shape index (κ2) is 10.1. The number of carbonyl (C=O) groups excluding carboxylic acids is 1. The van der Waals surface area contributed by atoms with E-state index in [-0.39, 0.29) is 17.2 Å². The first kappa shape index (κ1) is 21.9. The molecule has 1 aliphatic carbocycles. The Bertz CT molecular complexity index is 478. The summed E-state index contributed by atoms with van der Waals surface area (Å²) in [5, 5.41) is 3.03. The van der Waals surface area contributed by atoms with E-state index in [0.29, 0.717) is 24.8 Å². The third-order valence-electron chi connectivity index (χ3n) is 5.45. The van der Waals surface area contributed by atoms with Crippen LogP contribution in [-0.4, -0.2) is 18.6 Å². The van der Waals surface area contributed by atoms with Crippen LogP contribution < -0.4 is 5.32 Å². The fraction of sp³-hybridized carbons (Fsp3) is 0.773. The van der Waals surface area contributed by atoms with Gasteiger partial charge in [0, 0.05) is 12.1 Å². The molecule has 0 aliphatic heterocycles. The van der Waals surface area contributed by atoms with E-state index in [9.17, 15) is 9.18 Å². The number of nitrogens with one attached hydrogen (secondary N) is 1. The molecule has 1 aliphatic rings. The molecule has 1 rings (SSSR count). The largest absolute Gasteiger partial charge is 0.352 e. The van der Waals surface area contributed by atoms with E-state index in [1.807, 2.05) is 19.9 Å². The number of halogens is 1. The van der Waals surface area contributed by atoms with Crippen LogP contribution in [0.5, 0.6) is 0 Å². The van der Waals surface area contributed by atoms with Crippen LogP contribution in [0, 0.1) is 23.2 Å². The van der Waals surface area contributed by atoms with Gasteiger partial charge in [0.25, 0.3) is 0 Å². The average Bonchev–Trinajstić information content (AvgIpc) is 2.55. The van der Waals surface area contributed by atoms with Crippen molar-refractivity contribution in [3.8, 4) is 0 Å². The molecule has 144 valence electrons. The Kier molecular flexibility index (Phi) is 8.88. The minimum Gasteiger partial charge on any atom is -0.352 e. The van der Waals surface area contributed by atoms with Gasteiger partial charge >= 0.3 is 0 Å². The fourth-order valence-corrected chi connectivity index (χ4v) is 3.27. The van der Waals surface area contributed by atoms with Crippen LogP contribution in [0.3, 0.4) is 0 Å². The lowest BCUT2D eigenvalue weighted by atomic mass is 9.67. The summed E-state index contributed by atoms with van der Waals surface area (Å²) >= 11 is 0. The maximum atomic E-state index is 13.2. The summed E-state index contributed by atoms with van der Waals surface area (Å²) in [5.74, 6) is 1.47. The maximum absolute atomic E-state index is 13.2. The van der Waals surface area contributed by atoms with Crippen molar-refractivity contribution < 1.29 is 9.18 Å². The van der Waals surface area contributed by atoms with Gasteiger partial charge in [-0.15, -0.1) is 0 Å². The van der Waals surface area contributed by atoms with Crippen LogP contribution in [0.15, 0.2) is 23.8 Å². The van der Waals surface area contributed by atoms with Crippen LogP contribution in [0.25, 0.3) is 0 Å². The number of hydrogen-bond acceptors (Lipinski definition) is 1. The lowest BCUT2D eigenvalue weighted by Gasteiger charge is -2.38. The molecule has 0 aromatic carbocycles. The van der Waals surface area contributed by atoms with Gasteiger partial charge in [-0.05, 0) is 48.9 Å². The normalized spacial score (nSPS) is 22.7. The molecule has 0 spiro atoms. The van der Waals surface area contributed by atoms with Crippen molar-refractivity contribution in [2.75, 3.05) is 6.54 Å². The molecule has 0 saturated carbocycles. The number of carbonyl (C=O) groups is 1. The van der Waals surface area contributed by atoms with Gasteiger partial charge in [0.2, 0.25) is 5.91 Å². The van der Waals surface area contributed by atoms with Crippen LogP contribution in [-0.2, 0) is 4.79 Å². The zero-order valence-electron chi connectivity index (χ0n) is 17.1. The molecule has 2 unspecified atom stereocenters. The molecule has 0 aromatic heterocycles. The van der Waals surface area contributed by atoms with Gasteiger partial charge < -0.3 is 5.32 Å². The molecule has 3 heteroatoms. The molecule has 0 fully saturated rings. The van der Waals surface area contributed by atoms with Crippen molar-refractivity contribution in [2.45, 2.75) is 79.8 Å². The lowest BCUT2D eigenvalue weighted by Crippen LogP contribution is -2.34. The van der Waals surface area contributed by atoms with E-state index in [1.54, 1.807) is 6.08 Å². The van der Waals surface area contributed by atoms with Crippen LogP contribution in [0.2, 0.25) is 0 Å². The van der Waals surface area contributed by atoms with Crippen LogP contribution >= 0.6 is 0 Å². The Balaban J connectivity index is 2.55. The molecule has 25 heavy (non-hydrogen) atoms. The Labute approximate surface area is 154 Å². The monoisotopic (exact) mass is 351 g/mol. The SMILES string of the molecule is CC[C@@H](F)/C=C\C(C)CNC(=O)C1=CCC(C)(C)C(CCC(C)C)C1. The Morgan fingerprint density at radius 3 is 2.64 bits per heavy atom.